The van der Waals surface area contributed by atoms with Gasteiger partial charge in [-0.3, -0.25) is 9.59 Å². The van der Waals surface area contributed by atoms with E-state index in [1.807, 2.05) is 18.2 Å². The minimum Gasteiger partial charge on any atom is -0.493 e. The lowest BCUT2D eigenvalue weighted by molar-refractivity contribution is -0.906. The molecule has 144 valence electrons. The molecule has 0 aromatic heterocycles. The number of morpholine rings is 1. The van der Waals surface area contributed by atoms with Crippen molar-refractivity contribution in [2.24, 2.45) is 0 Å². The molecule has 2 amide bonds. The van der Waals surface area contributed by atoms with E-state index in [0.29, 0.717) is 31.0 Å². The summed E-state index contributed by atoms with van der Waals surface area (Å²) in [4.78, 5) is 25.0. The SMILES string of the molecule is COc1ccc(CCNC(=O)C(=O)NCC[NH+]2CCOCC2)cc1OC. The van der Waals surface area contributed by atoms with E-state index < -0.39 is 11.8 Å². The van der Waals surface area contributed by atoms with Crippen molar-refractivity contribution in [1.82, 2.24) is 10.6 Å². The third kappa shape index (κ3) is 6.20. The fourth-order valence-electron chi connectivity index (χ4n) is 2.78. The Labute approximate surface area is 153 Å². The summed E-state index contributed by atoms with van der Waals surface area (Å²) < 4.78 is 15.7. The van der Waals surface area contributed by atoms with Gasteiger partial charge in [0.25, 0.3) is 0 Å². The third-order valence-electron chi connectivity index (χ3n) is 4.32. The standard InChI is InChI=1S/C18H27N3O5/c1-24-15-4-3-14(13-16(15)25-2)5-6-19-17(22)18(23)20-7-8-21-9-11-26-12-10-21/h3-4,13H,5-12H2,1-2H3,(H,19,22)(H,20,23)/p+1. The smallest absolute Gasteiger partial charge is 0.309 e. The van der Waals surface area contributed by atoms with E-state index in [9.17, 15) is 9.59 Å². The number of nitrogens with one attached hydrogen (secondary N) is 3. The summed E-state index contributed by atoms with van der Waals surface area (Å²) in [5, 5.41) is 5.30. The normalized spacial score (nSPS) is 14.5. The molecule has 1 saturated heterocycles. The highest BCUT2D eigenvalue weighted by Crippen LogP contribution is 2.27. The number of benzene rings is 1. The minimum absolute atomic E-state index is 0.371. The van der Waals surface area contributed by atoms with Gasteiger partial charge in [-0.2, -0.15) is 0 Å². The molecule has 1 aliphatic heterocycles. The zero-order valence-corrected chi connectivity index (χ0v) is 15.4. The van der Waals surface area contributed by atoms with Crippen LogP contribution in [-0.4, -0.2) is 72.0 Å². The number of rotatable bonds is 8. The number of hydrogen-bond acceptors (Lipinski definition) is 5. The molecule has 1 aromatic carbocycles. The topological polar surface area (TPSA) is 90.3 Å². The molecule has 0 aliphatic carbocycles. The van der Waals surface area contributed by atoms with Gasteiger partial charge in [0, 0.05) is 6.54 Å². The first-order valence-electron chi connectivity index (χ1n) is 8.82. The summed E-state index contributed by atoms with van der Waals surface area (Å²) >= 11 is 0. The first-order valence-corrected chi connectivity index (χ1v) is 8.82. The monoisotopic (exact) mass is 366 g/mol. The molecule has 3 N–H and O–H groups in total. The Morgan fingerprint density at radius 1 is 1.04 bits per heavy atom. The van der Waals surface area contributed by atoms with Crippen LogP contribution in [0.15, 0.2) is 18.2 Å². The third-order valence-corrected chi connectivity index (χ3v) is 4.32. The Bertz CT molecular complexity index is 602. The summed E-state index contributed by atoms with van der Waals surface area (Å²) in [7, 11) is 3.16. The summed E-state index contributed by atoms with van der Waals surface area (Å²) in [5.41, 5.74) is 0.985. The highest BCUT2D eigenvalue weighted by atomic mass is 16.5. The molecule has 2 rings (SSSR count). The van der Waals surface area contributed by atoms with Crippen LogP contribution in [-0.2, 0) is 20.7 Å². The quantitative estimate of drug-likeness (QED) is 0.482. The Balaban J connectivity index is 1.66. The van der Waals surface area contributed by atoms with E-state index in [0.717, 1.165) is 38.4 Å². The average Bonchev–Trinajstić information content (AvgIpc) is 2.68. The Morgan fingerprint density at radius 2 is 1.69 bits per heavy atom. The second kappa shape index (κ2) is 10.6. The maximum Gasteiger partial charge on any atom is 0.309 e. The van der Waals surface area contributed by atoms with Gasteiger partial charge in [0.2, 0.25) is 0 Å². The molecule has 0 unspecified atom stereocenters. The molecule has 0 spiro atoms. The highest BCUT2D eigenvalue weighted by Gasteiger charge is 2.16. The zero-order valence-electron chi connectivity index (χ0n) is 15.4. The number of carbonyl (C=O) groups is 2. The second-order valence-electron chi connectivity index (χ2n) is 6.06. The van der Waals surface area contributed by atoms with Crippen LogP contribution in [0.5, 0.6) is 11.5 Å². The molecule has 0 atom stereocenters. The van der Waals surface area contributed by atoms with Crippen molar-refractivity contribution in [3.05, 3.63) is 23.8 Å². The van der Waals surface area contributed by atoms with Crippen molar-refractivity contribution in [1.29, 1.82) is 0 Å². The maximum absolute atomic E-state index is 11.8. The Morgan fingerprint density at radius 3 is 2.35 bits per heavy atom. The predicted molar refractivity (Wildman–Crippen MR) is 95.7 cm³/mol. The molecule has 26 heavy (non-hydrogen) atoms. The van der Waals surface area contributed by atoms with Gasteiger partial charge in [-0.25, -0.2) is 0 Å². The summed E-state index contributed by atoms with van der Waals surface area (Å²) in [6, 6.07) is 5.57. The number of quaternary nitrogens is 1. The van der Waals surface area contributed by atoms with Crippen LogP contribution in [0.3, 0.4) is 0 Å². The lowest BCUT2D eigenvalue weighted by Gasteiger charge is -2.23. The van der Waals surface area contributed by atoms with Crippen molar-refractivity contribution in [3.63, 3.8) is 0 Å². The molecular formula is C18H28N3O5+. The zero-order chi connectivity index (χ0) is 18.8. The highest BCUT2D eigenvalue weighted by molar-refractivity contribution is 6.35. The first-order chi connectivity index (χ1) is 12.6. The molecule has 8 nitrogen and oxygen atoms in total. The molecule has 0 bridgehead atoms. The van der Waals surface area contributed by atoms with Crippen LogP contribution >= 0.6 is 0 Å². The molecule has 0 radical (unpaired) electrons. The van der Waals surface area contributed by atoms with Gasteiger partial charge in [0.15, 0.2) is 11.5 Å². The largest absolute Gasteiger partial charge is 0.493 e. The second-order valence-corrected chi connectivity index (χ2v) is 6.06. The van der Waals surface area contributed by atoms with E-state index in [1.165, 1.54) is 4.90 Å². The van der Waals surface area contributed by atoms with Crippen LogP contribution in [0.4, 0.5) is 0 Å². The van der Waals surface area contributed by atoms with Crippen LogP contribution < -0.4 is 25.0 Å². The van der Waals surface area contributed by atoms with Crippen molar-refractivity contribution >= 4 is 11.8 Å². The molecule has 1 heterocycles. The summed E-state index contributed by atoms with van der Waals surface area (Å²) in [6.07, 6.45) is 0.595. The van der Waals surface area contributed by atoms with Gasteiger partial charge >= 0.3 is 11.8 Å². The van der Waals surface area contributed by atoms with Crippen molar-refractivity contribution < 1.29 is 28.7 Å². The van der Waals surface area contributed by atoms with Crippen LogP contribution in [0.1, 0.15) is 5.56 Å². The Hall–Kier alpha value is -2.32. The van der Waals surface area contributed by atoms with Gasteiger partial charge in [-0.1, -0.05) is 6.07 Å². The van der Waals surface area contributed by atoms with E-state index >= 15 is 0 Å². The lowest BCUT2D eigenvalue weighted by atomic mass is 10.1. The number of methoxy groups -OCH3 is 2. The maximum atomic E-state index is 11.8. The molecular weight excluding hydrogens is 338 g/mol. The lowest BCUT2D eigenvalue weighted by Crippen LogP contribution is -3.14. The van der Waals surface area contributed by atoms with Crippen LogP contribution in [0.25, 0.3) is 0 Å². The fraction of sp³-hybridized carbons (Fsp3) is 0.556. The van der Waals surface area contributed by atoms with Crippen molar-refractivity contribution in [2.75, 3.05) is 60.2 Å². The Kier molecular flexibility index (Phi) is 8.17. The van der Waals surface area contributed by atoms with Crippen molar-refractivity contribution in [3.8, 4) is 11.5 Å². The van der Waals surface area contributed by atoms with Crippen LogP contribution in [0, 0.1) is 0 Å². The summed E-state index contributed by atoms with van der Waals surface area (Å²) in [5.74, 6) is 0.0918. The van der Waals surface area contributed by atoms with Gasteiger partial charge in [-0.15, -0.1) is 0 Å². The van der Waals surface area contributed by atoms with Gasteiger partial charge in [-0.05, 0) is 24.1 Å². The molecule has 1 fully saturated rings. The summed E-state index contributed by atoms with van der Waals surface area (Å²) in [6.45, 7) is 5.03. The van der Waals surface area contributed by atoms with Gasteiger partial charge in [0.1, 0.15) is 13.1 Å². The molecule has 0 saturated carbocycles. The van der Waals surface area contributed by atoms with E-state index in [1.54, 1.807) is 14.2 Å². The van der Waals surface area contributed by atoms with Gasteiger partial charge < -0.3 is 29.7 Å². The van der Waals surface area contributed by atoms with E-state index in [4.69, 9.17) is 14.2 Å². The average molecular weight is 366 g/mol. The number of hydrogen-bond donors (Lipinski definition) is 3. The number of amides is 2. The molecule has 8 heteroatoms. The molecule has 1 aliphatic rings. The molecule has 1 aromatic rings. The first kappa shape index (κ1) is 20.0. The van der Waals surface area contributed by atoms with E-state index in [-0.39, 0.29) is 0 Å². The predicted octanol–water partition coefficient (Wildman–Crippen LogP) is -1.61. The fourth-order valence-corrected chi connectivity index (χ4v) is 2.78. The van der Waals surface area contributed by atoms with Crippen molar-refractivity contribution in [2.45, 2.75) is 6.42 Å². The number of carbonyl (C=O) groups excluding carboxylic acids is 2. The van der Waals surface area contributed by atoms with Gasteiger partial charge in [0.05, 0.1) is 40.5 Å². The number of ether oxygens (including phenoxy) is 3. The van der Waals surface area contributed by atoms with Crippen LogP contribution in [0.2, 0.25) is 0 Å². The minimum atomic E-state index is -0.609. The van der Waals surface area contributed by atoms with E-state index in [2.05, 4.69) is 10.6 Å².